The Morgan fingerprint density at radius 3 is 2.46 bits per heavy atom. The number of hydrogen-bond donors (Lipinski definition) is 0. The van der Waals surface area contributed by atoms with E-state index in [-0.39, 0.29) is 34.9 Å². The summed E-state index contributed by atoms with van der Waals surface area (Å²) < 4.78 is 11.0. The Kier molecular flexibility index (Phi) is 3.63. The summed E-state index contributed by atoms with van der Waals surface area (Å²) in [7, 11) is 1.44. The summed E-state index contributed by atoms with van der Waals surface area (Å²) >= 11 is 0. The SMILES string of the molecule is COC(=O)[C@@]1(C)C[C@@H]2C3CC4C(=O)[C@@H](OC(=O)c5ccccc5)[C@](C)([C@H]43)[C@@H]2C1. The molecule has 2 unspecified atom stereocenters. The molecule has 0 saturated heterocycles. The van der Waals surface area contributed by atoms with Gasteiger partial charge in [-0.3, -0.25) is 9.59 Å². The van der Waals surface area contributed by atoms with Gasteiger partial charge in [-0.15, -0.1) is 0 Å². The Morgan fingerprint density at radius 2 is 1.79 bits per heavy atom. The molecule has 28 heavy (non-hydrogen) atoms. The molecular weight excluding hydrogens is 356 g/mol. The molecule has 0 aliphatic heterocycles. The van der Waals surface area contributed by atoms with Crippen LogP contribution < -0.4 is 0 Å². The first-order chi connectivity index (χ1) is 13.3. The molecule has 148 valence electrons. The normalized spacial score (nSPS) is 45.2. The minimum absolute atomic E-state index is 0.0126. The van der Waals surface area contributed by atoms with Gasteiger partial charge in [0.15, 0.2) is 11.9 Å². The van der Waals surface area contributed by atoms with Crippen molar-refractivity contribution in [3.8, 4) is 0 Å². The molecule has 4 aliphatic carbocycles. The number of esters is 2. The van der Waals surface area contributed by atoms with Gasteiger partial charge in [-0.25, -0.2) is 4.79 Å². The first kappa shape index (κ1) is 17.9. The van der Waals surface area contributed by atoms with Crippen LogP contribution in [0.4, 0.5) is 0 Å². The van der Waals surface area contributed by atoms with Crippen molar-refractivity contribution in [3.63, 3.8) is 0 Å². The number of hydrogen-bond acceptors (Lipinski definition) is 5. The van der Waals surface area contributed by atoms with Gasteiger partial charge in [0.2, 0.25) is 0 Å². The van der Waals surface area contributed by atoms with Crippen molar-refractivity contribution in [2.75, 3.05) is 7.11 Å². The van der Waals surface area contributed by atoms with Crippen molar-refractivity contribution >= 4 is 17.7 Å². The van der Waals surface area contributed by atoms with E-state index in [2.05, 4.69) is 6.92 Å². The lowest BCUT2D eigenvalue weighted by molar-refractivity contribution is -0.152. The van der Waals surface area contributed by atoms with Crippen LogP contribution in [0.5, 0.6) is 0 Å². The van der Waals surface area contributed by atoms with E-state index in [0.29, 0.717) is 23.8 Å². The zero-order valence-electron chi connectivity index (χ0n) is 16.5. The molecule has 1 aromatic rings. The average molecular weight is 382 g/mol. The highest BCUT2D eigenvalue weighted by Gasteiger charge is 2.78. The Bertz CT molecular complexity index is 863. The van der Waals surface area contributed by atoms with Gasteiger partial charge >= 0.3 is 11.9 Å². The van der Waals surface area contributed by atoms with E-state index >= 15 is 0 Å². The third-order valence-electron chi connectivity index (χ3n) is 8.46. The minimum atomic E-state index is -0.713. The number of ketones is 1. The van der Waals surface area contributed by atoms with Crippen LogP contribution in [0.15, 0.2) is 30.3 Å². The maximum Gasteiger partial charge on any atom is 0.338 e. The molecule has 5 nitrogen and oxygen atoms in total. The summed E-state index contributed by atoms with van der Waals surface area (Å²) in [4.78, 5) is 38.2. The quantitative estimate of drug-likeness (QED) is 0.751. The number of Topliss-reactive ketones (excluding diaryl/α,β-unsaturated/α-hetero) is 1. The first-order valence-electron chi connectivity index (χ1n) is 10.2. The third kappa shape index (κ3) is 2.05. The molecule has 4 fully saturated rings. The molecule has 1 aromatic carbocycles. The van der Waals surface area contributed by atoms with Gasteiger partial charge in [-0.2, -0.15) is 0 Å². The standard InChI is InChI=1S/C23H26O5/c1-22(21(26)27-3)10-15-13-9-14-17(13)23(2,16(15)11-22)19(18(14)24)28-20(25)12-7-5-4-6-8-12/h4-8,13-17,19H,9-11H2,1-3H3/t13?,14?,15-,16-,17+,19-,22+,23+/m1/s1. The van der Waals surface area contributed by atoms with Crippen LogP contribution >= 0.6 is 0 Å². The highest BCUT2D eigenvalue weighted by atomic mass is 16.5. The monoisotopic (exact) mass is 382 g/mol. The lowest BCUT2D eigenvalue weighted by Crippen LogP contribution is -2.42. The molecular formula is C23H26O5. The molecule has 0 spiro atoms. The van der Waals surface area contributed by atoms with Crippen molar-refractivity contribution in [3.05, 3.63) is 35.9 Å². The molecule has 5 heteroatoms. The molecule has 4 aliphatic rings. The van der Waals surface area contributed by atoms with Crippen LogP contribution in [0.2, 0.25) is 0 Å². The number of benzene rings is 1. The van der Waals surface area contributed by atoms with Crippen molar-refractivity contribution in [2.45, 2.75) is 39.2 Å². The molecule has 5 rings (SSSR count). The fourth-order valence-electron chi connectivity index (χ4n) is 7.30. The third-order valence-corrected chi connectivity index (χ3v) is 8.46. The molecule has 8 atom stereocenters. The van der Waals surface area contributed by atoms with Gasteiger partial charge in [0.1, 0.15) is 0 Å². The van der Waals surface area contributed by atoms with Crippen molar-refractivity contribution < 1.29 is 23.9 Å². The Hall–Kier alpha value is -2.17. The number of fused-ring (bicyclic) bond motifs is 3. The van der Waals surface area contributed by atoms with Crippen LogP contribution in [-0.4, -0.2) is 30.9 Å². The van der Waals surface area contributed by atoms with Crippen molar-refractivity contribution in [2.24, 2.45) is 40.4 Å². The summed E-state index contributed by atoms with van der Waals surface area (Å²) in [6.07, 6.45) is 1.67. The molecule has 0 radical (unpaired) electrons. The molecule has 4 saturated carbocycles. The average Bonchev–Trinajstić information content (AvgIpc) is 3.15. The summed E-state index contributed by atoms with van der Waals surface area (Å²) in [5.41, 5.74) is -0.427. The zero-order chi connectivity index (χ0) is 19.8. The Labute approximate surface area is 164 Å². The maximum absolute atomic E-state index is 13.1. The van der Waals surface area contributed by atoms with Gasteiger partial charge in [-0.1, -0.05) is 25.1 Å². The number of methoxy groups -OCH3 is 1. The van der Waals surface area contributed by atoms with Gasteiger partial charge in [-0.05, 0) is 62.0 Å². The van der Waals surface area contributed by atoms with E-state index in [1.54, 1.807) is 24.3 Å². The van der Waals surface area contributed by atoms with Crippen LogP contribution in [0.3, 0.4) is 0 Å². The molecule has 0 bridgehead atoms. The number of rotatable bonds is 3. The second-order valence-electron chi connectivity index (χ2n) is 9.68. The molecule has 0 aromatic heterocycles. The van der Waals surface area contributed by atoms with E-state index in [0.717, 1.165) is 12.8 Å². The van der Waals surface area contributed by atoms with Gasteiger partial charge in [0, 0.05) is 11.3 Å². The van der Waals surface area contributed by atoms with E-state index < -0.39 is 17.5 Å². The van der Waals surface area contributed by atoms with Crippen molar-refractivity contribution in [1.82, 2.24) is 0 Å². The second kappa shape index (κ2) is 5.68. The predicted molar refractivity (Wildman–Crippen MR) is 100 cm³/mol. The molecule has 0 N–H and O–H groups in total. The summed E-state index contributed by atoms with van der Waals surface area (Å²) in [5, 5.41) is 0. The van der Waals surface area contributed by atoms with Crippen molar-refractivity contribution in [1.29, 1.82) is 0 Å². The van der Waals surface area contributed by atoms with Crippen LogP contribution in [0.1, 0.15) is 43.5 Å². The Balaban J connectivity index is 1.47. The summed E-state index contributed by atoms with van der Waals surface area (Å²) in [6.45, 7) is 4.10. The van der Waals surface area contributed by atoms with E-state index in [1.807, 2.05) is 13.0 Å². The lowest BCUT2D eigenvalue weighted by atomic mass is 9.60. The van der Waals surface area contributed by atoms with Gasteiger partial charge in [0.05, 0.1) is 18.1 Å². The fraction of sp³-hybridized carbons (Fsp3) is 0.609. The number of carbonyl (C=O) groups is 3. The summed E-state index contributed by atoms with van der Waals surface area (Å²) in [5.74, 6) is 0.839. The largest absolute Gasteiger partial charge is 0.469 e. The fourth-order valence-corrected chi connectivity index (χ4v) is 7.30. The van der Waals surface area contributed by atoms with E-state index in [1.165, 1.54) is 7.11 Å². The molecule has 0 amide bonds. The highest BCUT2D eigenvalue weighted by Crippen LogP contribution is 2.76. The van der Waals surface area contributed by atoms with Crippen LogP contribution in [-0.2, 0) is 19.1 Å². The molecule has 0 heterocycles. The first-order valence-corrected chi connectivity index (χ1v) is 10.2. The maximum atomic E-state index is 13.1. The number of carbonyl (C=O) groups excluding carboxylic acids is 3. The number of ether oxygens (including phenoxy) is 2. The van der Waals surface area contributed by atoms with Crippen LogP contribution in [0.25, 0.3) is 0 Å². The van der Waals surface area contributed by atoms with Crippen LogP contribution in [0, 0.1) is 40.4 Å². The van der Waals surface area contributed by atoms with E-state index in [4.69, 9.17) is 9.47 Å². The predicted octanol–water partition coefficient (Wildman–Crippen LogP) is 3.27. The highest BCUT2D eigenvalue weighted by molar-refractivity contribution is 5.96. The smallest absolute Gasteiger partial charge is 0.338 e. The zero-order valence-corrected chi connectivity index (χ0v) is 16.5. The van der Waals surface area contributed by atoms with E-state index in [9.17, 15) is 14.4 Å². The second-order valence-corrected chi connectivity index (χ2v) is 9.68. The Morgan fingerprint density at radius 1 is 1.07 bits per heavy atom. The minimum Gasteiger partial charge on any atom is -0.469 e. The van der Waals surface area contributed by atoms with Gasteiger partial charge in [0.25, 0.3) is 0 Å². The topological polar surface area (TPSA) is 69.7 Å². The van der Waals surface area contributed by atoms with Gasteiger partial charge < -0.3 is 9.47 Å². The lowest BCUT2D eigenvalue weighted by Gasteiger charge is -2.43. The summed E-state index contributed by atoms with van der Waals surface area (Å²) in [6, 6.07) is 8.85.